The van der Waals surface area contributed by atoms with Crippen LogP contribution in [0.25, 0.3) is 0 Å². The van der Waals surface area contributed by atoms with Gasteiger partial charge in [0.05, 0.1) is 6.04 Å². The standard InChI is InChI=1S/C15H22N4O3/c1-10-9-22-17-14(10)16-15(21)18-7-3-4-13(18)8-19(11(2)20)12-5-6-12/h9,12-13H,3-8H2,1-2H3,(H,16,17,21). The van der Waals surface area contributed by atoms with Crippen molar-refractivity contribution in [3.63, 3.8) is 0 Å². The summed E-state index contributed by atoms with van der Waals surface area (Å²) in [6.45, 7) is 4.78. The molecule has 1 saturated carbocycles. The minimum absolute atomic E-state index is 0.0803. The third-order valence-electron chi connectivity index (χ3n) is 4.41. The van der Waals surface area contributed by atoms with Gasteiger partial charge in [0.15, 0.2) is 5.82 Å². The Hall–Kier alpha value is -2.05. The second-order valence-electron chi connectivity index (χ2n) is 6.17. The second kappa shape index (κ2) is 5.98. The number of urea groups is 1. The van der Waals surface area contributed by atoms with Gasteiger partial charge in [-0.2, -0.15) is 0 Å². The summed E-state index contributed by atoms with van der Waals surface area (Å²) in [5, 5.41) is 6.57. The number of hydrogen-bond donors (Lipinski definition) is 1. The molecule has 0 aromatic carbocycles. The summed E-state index contributed by atoms with van der Waals surface area (Å²) in [6.07, 6.45) is 5.56. The van der Waals surface area contributed by atoms with Crippen molar-refractivity contribution in [2.24, 2.45) is 0 Å². The number of carbonyl (C=O) groups excluding carboxylic acids is 2. The second-order valence-corrected chi connectivity index (χ2v) is 6.17. The Balaban J connectivity index is 1.63. The first kappa shape index (κ1) is 14.9. The Morgan fingerprint density at radius 1 is 1.45 bits per heavy atom. The molecule has 3 rings (SSSR count). The summed E-state index contributed by atoms with van der Waals surface area (Å²) in [6, 6.07) is 0.288. The molecule has 2 fully saturated rings. The van der Waals surface area contributed by atoms with Gasteiger partial charge in [0.25, 0.3) is 0 Å². The van der Waals surface area contributed by atoms with Crippen molar-refractivity contribution in [3.8, 4) is 0 Å². The first-order valence-electron chi connectivity index (χ1n) is 7.82. The molecule has 120 valence electrons. The van der Waals surface area contributed by atoms with Crippen LogP contribution in [0.15, 0.2) is 10.8 Å². The molecule has 1 aromatic heterocycles. The Morgan fingerprint density at radius 3 is 2.82 bits per heavy atom. The maximum atomic E-state index is 12.4. The van der Waals surface area contributed by atoms with Gasteiger partial charge in [-0.05, 0) is 32.6 Å². The molecular weight excluding hydrogens is 284 g/mol. The number of nitrogens with one attached hydrogen (secondary N) is 1. The highest BCUT2D eigenvalue weighted by Gasteiger charge is 2.36. The van der Waals surface area contributed by atoms with E-state index in [4.69, 9.17) is 4.52 Å². The van der Waals surface area contributed by atoms with E-state index in [2.05, 4.69) is 10.5 Å². The summed E-state index contributed by atoms with van der Waals surface area (Å²) in [7, 11) is 0. The highest BCUT2D eigenvalue weighted by atomic mass is 16.5. The average Bonchev–Trinajstić information content (AvgIpc) is 3.07. The minimum atomic E-state index is -0.168. The largest absolute Gasteiger partial charge is 0.362 e. The Kier molecular flexibility index (Phi) is 4.04. The van der Waals surface area contributed by atoms with Crippen LogP contribution >= 0.6 is 0 Å². The normalized spacial score (nSPS) is 21.0. The Bertz CT molecular complexity index is 567. The lowest BCUT2D eigenvalue weighted by molar-refractivity contribution is -0.130. The molecule has 7 nitrogen and oxygen atoms in total. The van der Waals surface area contributed by atoms with Crippen molar-refractivity contribution in [1.29, 1.82) is 0 Å². The van der Waals surface area contributed by atoms with Gasteiger partial charge in [-0.1, -0.05) is 5.16 Å². The molecule has 1 aromatic rings. The predicted molar refractivity (Wildman–Crippen MR) is 80.4 cm³/mol. The molecule has 0 radical (unpaired) electrons. The van der Waals surface area contributed by atoms with Gasteiger partial charge in [0.2, 0.25) is 5.91 Å². The zero-order valence-electron chi connectivity index (χ0n) is 13.0. The van der Waals surface area contributed by atoms with E-state index >= 15 is 0 Å². The molecule has 0 spiro atoms. The SMILES string of the molecule is CC(=O)N(CC1CCCN1C(=O)Nc1nocc1C)C1CC1. The van der Waals surface area contributed by atoms with E-state index < -0.39 is 0 Å². The van der Waals surface area contributed by atoms with Crippen molar-refractivity contribution in [3.05, 3.63) is 11.8 Å². The van der Waals surface area contributed by atoms with Crippen molar-refractivity contribution in [2.75, 3.05) is 18.4 Å². The monoisotopic (exact) mass is 306 g/mol. The number of rotatable bonds is 4. The molecule has 0 bridgehead atoms. The third kappa shape index (κ3) is 3.08. The van der Waals surface area contributed by atoms with Gasteiger partial charge in [0.1, 0.15) is 6.26 Å². The number of nitrogens with zero attached hydrogens (tertiary/aromatic N) is 3. The molecule has 1 saturated heterocycles. The number of carbonyl (C=O) groups is 2. The fraction of sp³-hybridized carbons (Fsp3) is 0.667. The summed E-state index contributed by atoms with van der Waals surface area (Å²) >= 11 is 0. The number of hydrogen-bond acceptors (Lipinski definition) is 4. The first-order valence-corrected chi connectivity index (χ1v) is 7.82. The van der Waals surface area contributed by atoms with Crippen molar-refractivity contribution >= 4 is 17.8 Å². The highest BCUT2D eigenvalue weighted by molar-refractivity contribution is 5.89. The molecule has 1 aliphatic carbocycles. The van der Waals surface area contributed by atoms with Crippen molar-refractivity contribution in [2.45, 2.75) is 51.6 Å². The molecule has 1 atom stereocenters. The van der Waals surface area contributed by atoms with Crippen LogP contribution in [0.4, 0.5) is 10.6 Å². The minimum Gasteiger partial charge on any atom is -0.362 e. The fourth-order valence-corrected chi connectivity index (χ4v) is 3.02. The number of likely N-dealkylation sites (tertiary alicyclic amines) is 1. The van der Waals surface area contributed by atoms with E-state index in [9.17, 15) is 9.59 Å². The van der Waals surface area contributed by atoms with Crippen LogP contribution in [0.5, 0.6) is 0 Å². The van der Waals surface area contributed by atoms with Crippen LogP contribution in [-0.4, -0.2) is 52.1 Å². The third-order valence-corrected chi connectivity index (χ3v) is 4.41. The molecule has 2 aliphatic rings. The van der Waals surface area contributed by atoms with E-state index in [0.717, 1.165) is 31.2 Å². The molecule has 1 N–H and O–H groups in total. The van der Waals surface area contributed by atoms with E-state index in [1.807, 2.05) is 16.7 Å². The maximum Gasteiger partial charge on any atom is 0.323 e. The molecule has 3 amide bonds. The summed E-state index contributed by atoms with van der Waals surface area (Å²) < 4.78 is 4.84. The molecular formula is C15H22N4O3. The molecule has 7 heteroatoms. The Morgan fingerprint density at radius 2 is 2.23 bits per heavy atom. The van der Waals surface area contributed by atoms with Crippen LogP contribution in [0.3, 0.4) is 0 Å². The quantitative estimate of drug-likeness (QED) is 0.922. The van der Waals surface area contributed by atoms with Gasteiger partial charge in [-0.3, -0.25) is 10.1 Å². The smallest absolute Gasteiger partial charge is 0.323 e. The summed E-state index contributed by atoms with van der Waals surface area (Å²) in [4.78, 5) is 27.9. The molecule has 1 unspecified atom stereocenters. The highest BCUT2D eigenvalue weighted by Crippen LogP contribution is 2.29. The lowest BCUT2D eigenvalue weighted by Gasteiger charge is -2.30. The first-order chi connectivity index (χ1) is 10.6. The van der Waals surface area contributed by atoms with Crippen molar-refractivity contribution < 1.29 is 14.1 Å². The number of anilines is 1. The molecule has 1 aliphatic heterocycles. The van der Waals surface area contributed by atoms with Crippen LogP contribution in [-0.2, 0) is 4.79 Å². The van der Waals surface area contributed by atoms with Gasteiger partial charge >= 0.3 is 6.03 Å². The van der Waals surface area contributed by atoms with E-state index in [1.165, 1.54) is 6.26 Å². The lowest BCUT2D eigenvalue weighted by Crippen LogP contribution is -2.46. The number of amides is 3. The van der Waals surface area contributed by atoms with Gasteiger partial charge in [0, 0.05) is 31.6 Å². The lowest BCUT2D eigenvalue weighted by atomic mass is 10.2. The van der Waals surface area contributed by atoms with Gasteiger partial charge in [-0.15, -0.1) is 0 Å². The van der Waals surface area contributed by atoms with Crippen LogP contribution in [0.1, 0.15) is 38.2 Å². The summed E-state index contributed by atoms with van der Waals surface area (Å²) in [5.41, 5.74) is 0.799. The van der Waals surface area contributed by atoms with Crippen LogP contribution in [0.2, 0.25) is 0 Å². The average molecular weight is 306 g/mol. The van der Waals surface area contributed by atoms with Gasteiger partial charge < -0.3 is 14.3 Å². The van der Waals surface area contributed by atoms with Gasteiger partial charge in [-0.25, -0.2) is 4.79 Å². The maximum absolute atomic E-state index is 12.4. The van der Waals surface area contributed by atoms with Crippen LogP contribution in [0, 0.1) is 6.92 Å². The number of aromatic nitrogens is 1. The predicted octanol–water partition coefficient (Wildman–Crippen LogP) is 1.99. The number of aryl methyl sites for hydroxylation is 1. The van der Waals surface area contributed by atoms with Crippen molar-refractivity contribution in [1.82, 2.24) is 15.0 Å². The molecule has 2 heterocycles. The zero-order valence-corrected chi connectivity index (χ0v) is 13.0. The Labute approximate surface area is 129 Å². The molecule has 22 heavy (non-hydrogen) atoms. The van der Waals surface area contributed by atoms with E-state index in [-0.39, 0.29) is 18.0 Å². The zero-order chi connectivity index (χ0) is 15.7. The van der Waals surface area contributed by atoms with E-state index in [1.54, 1.807) is 6.92 Å². The fourth-order valence-electron chi connectivity index (χ4n) is 3.02. The summed E-state index contributed by atoms with van der Waals surface area (Å²) in [5.74, 6) is 0.559. The van der Waals surface area contributed by atoms with Crippen LogP contribution < -0.4 is 5.32 Å². The van der Waals surface area contributed by atoms with E-state index in [0.29, 0.717) is 24.9 Å². The topological polar surface area (TPSA) is 78.7 Å².